The molecule has 1 atom stereocenters. The van der Waals surface area contributed by atoms with E-state index in [2.05, 4.69) is 58.0 Å². The van der Waals surface area contributed by atoms with Gasteiger partial charge in [-0.2, -0.15) is 8.42 Å². The Morgan fingerprint density at radius 1 is 0.900 bits per heavy atom. The number of fused-ring (bicyclic) bond motifs is 1. The fourth-order valence-corrected chi connectivity index (χ4v) is 6.87. The number of para-hydroxylation sites is 1. The lowest BCUT2D eigenvalue weighted by molar-refractivity contribution is 0.145. The van der Waals surface area contributed by atoms with E-state index in [0.717, 1.165) is 82.6 Å². The van der Waals surface area contributed by atoms with Crippen LogP contribution in [0.3, 0.4) is 0 Å². The van der Waals surface area contributed by atoms with Gasteiger partial charge in [0.05, 0.1) is 0 Å². The van der Waals surface area contributed by atoms with Crippen LogP contribution >= 0.6 is 12.4 Å². The molecule has 1 heterocycles. The molecule has 3 aromatic carbocycles. The topological polar surface area (TPSA) is 53.1 Å². The van der Waals surface area contributed by atoms with Crippen molar-refractivity contribution in [3.8, 4) is 5.75 Å². The van der Waals surface area contributed by atoms with Crippen LogP contribution in [-0.2, 0) is 23.0 Å². The molecule has 0 bridgehead atoms. The zero-order chi connectivity index (χ0) is 27.2. The molecule has 1 fully saturated rings. The molecule has 0 unspecified atom stereocenters. The van der Waals surface area contributed by atoms with Crippen molar-refractivity contribution in [3.05, 3.63) is 89.5 Å². The highest BCUT2D eigenvalue weighted by Gasteiger charge is 2.28. The summed E-state index contributed by atoms with van der Waals surface area (Å²) in [4.78, 5) is 7.93. The highest BCUT2D eigenvalue weighted by molar-refractivity contribution is 7.87. The molecule has 1 aliphatic carbocycles. The normalized spacial score (nSPS) is 17.8. The van der Waals surface area contributed by atoms with E-state index in [1.165, 1.54) is 11.3 Å². The molecule has 40 heavy (non-hydrogen) atoms. The lowest BCUT2D eigenvalue weighted by atomic mass is 9.87. The predicted molar refractivity (Wildman–Crippen MR) is 165 cm³/mol. The second-order valence-corrected chi connectivity index (χ2v) is 12.4. The van der Waals surface area contributed by atoms with Crippen LogP contribution in [0.5, 0.6) is 5.75 Å². The average molecular weight is 584 g/mol. The maximum Gasteiger partial charge on any atom is 0.339 e. The highest BCUT2D eigenvalue weighted by Crippen LogP contribution is 2.33. The monoisotopic (exact) mass is 583 g/mol. The van der Waals surface area contributed by atoms with E-state index in [9.17, 15) is 8.42 Å². The van der Waals surface area contributed by atoms with E-state index >= 15 is 0 Å². The minimum Gasteiger partial charge on any atom is -0.379 e. The summed E-state index contributed by atoms with van der Waals surface area (Å²) >= 11 is 0. The van der Waals surface area contributed by atoms with Gasteiger partial charge in [-0.3, -0.25) is 9.80 Å². The Bertz CT molecular complexity index is 1330. The summed E-state index contributed by atoms with van der Waals surface area (Å²) in [5.41, 5.74) is 4.59. The lowest BCUT2D eigenvalue weighted by Gasteiger charge is -2.39. The van der Waals surface area contributed by atoms with Crippen molar-refractivity contribution in [3.63, 3.8) is 0 Å². The van der Waals surface area contributed by atoms with E-state index in [0.29, 0.717) is 11.8 Å². The molecular formula is C32H42ClN3O3S. The Morgan fingerprint density at radius 3 is 2.33 bits per heavy atom. The van der Waals surface area contributed by atoms with Crippen LogP contribution in [0, 0.1) is 6.92 Å². The Labute approximate surface area is 246 Å². The fraction of sp³-hybridized carbons (Fsp3) is 0.438. The lowest BCUT2D eigenvalue weighted by Crippen LogP contribution is -2.50. The van der Waals surface area contributed by atoms with Crippen LogP contribution in [0.15, 0.2) is 77.7 Å². The minimum atomic E-state index is -3.86. The number of aryl methyl sites for hydroxylation is 1. The van der Waals surface area contributed by atoms with Crippen molar-refractivity contribution in [2.24, 2.45) is 0 Å². The SMILES string of the molecule is CCCN(CCN1CCN(c2ccccc2)CC1)[C@H]1CCc2c(cccc2OS(=O)(=O)c2ccc(C)cc2)C1.Cl. The number of rotatable bonds is 10. The van der Waals surface area contributed by atoms with E-state index < -0.39 is 10.1 Å². The van der Waals surface area contributed by atoms with Gasteiger partial charge in [0.25, 0.3) is 0 Å². The third-order valence-corrected chi connectivity index (χ3v) is 9.40. The number of hydrogen-bond acceptors (Lipinski definition) is 6. The summed E-state index contributed by atoms with van der Waals surface area (Å²) in [7, 11) is -3.86. The van der Waals surface area contributed by atoms with Crippen LogP contribution in [0.2, 0.25) is 0 Å². The molecule has 0 spiro atoms. The second-order valence-electron chi connectivity index (χ2n) is 10.8. The molecule has 0 amide bonds. The average Bonchev–Trinajstić information content (AvgIpc) is 2.96. The molecule has 1 aliphatic heterocycles. The van der Waals surface area contributed by atoms with Gasteiger partial charge in [-0.25, -0.2) is 0 Å². The van der Waals surface area contributed by atoms with Crippen molar-refractivity contribution in [1.29, 1.82) is 0 Å². The molecule has 0 radical (unpaired) electrons. The van der Waals surface area contributed by atoms with Gasteiger partial charge in [0.2, 0.25) is 0 Å². The smallest absolute Gasteiger partial charge is 0.339 e. The van der Waals surface area contributed by atoms with E-state index in [1.807, 2.05) is 13.0 Å². The molecule has 2 aliphatic rings. The van der Waals surface area contributed by atoms with Gasteiger partial charge >= 0.3 is 10.1 Å². The van der Waals surface area contributed by atoms with Gasteiger partial charge in [-0.1, -0.05) is 55.0 Å². The molecule has 3 aromatic rings. The maximum absolute atomic E-state index is 13.0. The molecule has 1 saturated heterocycles. The summed E-state index contributed by atoms with van der Waals surface area (Å²) in [6.45, 7) is 11.8. The molecular weight excluding hydrogens is 542 g/mol. The summed E-state index contributed by atoms with van der Waals surface area (Å²) in [6.07, 6.45) is 3.90. The zero-order valence-corrected chi connectivity index (χ0v) is 25.3. The van der Waals surface area contributed by atoms with Gasteiger partial charge in [0, 0.05) is 51.0 Å². The van der Waals surface area contributed by atoms with Crippen LogP contribution in [0.1, 0.15) is 36.5 Å². The van der Waals surface area contributed by atoms with Crippen molar-refractivity contribution in [2.75, 3.05) is 50.7 Å². The highest BCUT2D eigenvalue weighted by atomic mass is 35.5. The van der Waals surface area contributed by atoms with Crippen molar-refractivity contribution >= 4 is 28.2 Å². The zero-order valence-electron chi connectivity index (χ0n) is 23.7. The van der Waals surface area contributed by atoms with E-state index in [4.69, 9.17) is 4.18 Å². The summed E-state index contributed by atoms with van der Waals surface area (Å²) < 4.78 is 31.6. The largest absolute Gasteiger partial charge is 0.379 e. The molecule has 6 nitrogen and oxygen atoms in total. The number of benzene rings is 3. The van der Waals surface area contributed by atoms with Gasteiger partial charge in [0.15, 0.2) is 0 Å². The number of hydrogen-bond donors (Lipinski definition) is 0. The first-order chi connectivity index (χ1) is 18.9. The summed E-state index contributed by atoms with van der Waals surface area (Å²) in [5, 5.41) is 0. The Kier molecular flexibility index (Phi) is 10.5. The third kappa shape index (κ3) is 7.38. The quantitative estimate of drug-likeness (QED) is 0.291. The Hall–Kier alpha value is -2.58. The molecule has 216 valence electrons. The molecule has 0 N–H and O–H groups in total. The number of anilines is 1. The van der Waals surface area contributed by atoms with Gasteiger partial charge in [0.1, 0.15) is 10.6 Å². The van der Waals surface area contributed by atoms with Crippen LogP contribution < -0.4 is 9.08 Å². The molecule has 0 saturated carbocycles. The number of nitrogens with zero attached hydrogens (tertiary/aromatic N) is 3. The van der Waals surface area contributed by atoms with E-state index in [-0.39, 0.29) is 17.3 Å². The van der Waals surface area contributed by atoms with Gasteiger partial charge < -0.3 is 9.08 Å². The fourth-order valence-electron chi connectivity index (χ4n) is 5.92. The third-order valence-electron chi connectivity index (χ3n) is 8.15. The molecule has 0 aromatic heterocycles. The van der Waals surface area contributed by atoms with Crippen LogP contribution in [-0.4, -0.2) is 70.1 Å². The minimum absolute atomic E-state index is 0. The van der Waals surface area contributed by atoms with Crippen molar-refractivity contribution in [2.45, 2.75) is 50.5 Å². The maximum atomic E-state index is 13.0. The Morgan fingerprint density at radius 2 is 1.62 bits per heavy atom. The first kappa shape index (κ1) is 30.4. The second kappa shape index (κ2) is 13.9. The molecule has 5 rings (SSSR count). The summed E-state index contributed by atoms with van der Waals surface area (Å²) in [5.74, 6) is 0.477. The Balaban J connectivity index is 0.00000370. The van der Waals surface area contributed by atoms with Gasteiger partial charge in [-0.15, -0.1) is 12.4 Å². The number of halogens is 1. The summed E-state index contributed by atoms with van der Waals surface area (Å²) in [6, 6.07) is 23.9. The van der Waals surface area contributed by atoms with Gasteiger partial charge in [-0.05, 0) is 80.6 Å². The van der Waals surface area contributed by atoms with Crippen molar-refractivity contribution in [1.82, 2.24) is 9.80 Å². The predicted octanol–water partition coefficient (Wildman–Crippen LogP) is 5.58. The first-order valence-corrected chi connectivity index (χ1v) is 15.7. The van der Waals surface area contributed by atoms with E-state index in [1.54, 1.807) is 30.3 Å². The molecule has 8 heteroatoms. The first-order valence-electron chi connectivity index (χ1n) is 14.3. The van der Waals surface area contributed by atoms with Crippen molar-refractivity contribution < 1.29 is 12.6 Å². The van der Waals surface area contributed by atoms with Crippen LogP contribution in [0.4, 0.5) is 5.69 Å². The number of piperazine rings is 1. The van der Waals surface area contributed by atoms with Crippen LogP contribution in [0.25, 0.3) is 0 Å². The standard InChI is InChI=1S/C32H41N3O3S.ClH/c1-3-18-34(22-19-33-20-23-35(24-21-33)28-9-5-4-6-10-28)29-14-17-31-27(25-29)8-7-11-32(31)38-39(36,37)30-15-12-26(2)13-16-30;/h4-13,15-16,29H,3,14,17-25H2,1-2H3;1H/t29-;/m0./s1.